The van der Waals surface area contributed by atoms with Crippen molar-refractivity contribution in [2.75, 3.05) is 6.54 Å². The van der Waals surface area contributed by atoms with Gasteiger partial charge in [-0.15, -0.1) is 0 Å². The van der Waals surface area contributed by atoms with Crippen LogP contribution in [0.4, 0.5) is 0 Å². The van der Waals surface area contributed by atoms with Gasteiger partial charge in [0.25, 0.3) is 0 Å². The van der Waals surface area contributed by atoms with Crippen LogP contribution in [0.25, 0.3) is 0 Å². The molecule has 4 bridgehead atoms. The Morgan fingerprint density at radius 2 is 1.69 bits per heavy atom. The number of carbonyl (C=O) groups excluding carboxylic acids is 2. The van der Waals surface area contributed by atoms with Crippen LogP contribution in [0, 0.1) is 36.0 Å². The molecule has 0 heterocycles. The minimum Gasteiger partial charge on any atom is -0.299 e. The summed E-state index contributed by atoms with van der Waals surface area (Å²) in [5.41, 5.74) is -0.595. The number of aryl methyl sites for hydroxylation is 1. The average molecular weight is 460 g/mol. The number of ketones is 2. The second kappa shape index (κ2) is 8.05. The highest BCUT2D eigenvalue weighted by molar-refractivity contribution is 7.89. The van der Waals surface area contributed by atoms with Crippen molar-refractivity contribution in [2.45, 2.75) is 83.6 Å². The van der Waals surface area contributed by atoms with Crippen molar-refractivity contribution in [1.82, 2.24) is 4.31 Å². The standard InChI is InChI=1S/C26H37NO4S/c1-6-27(32(30,31)23-10-8-7-9-17(23)2)25(4,5)24(29)13-22-20-11-19-12-21(22)16-26(14-19,15-20)18(3)28/h7-10,19-22H,6,11-16H2,1-5H3. The van der Waals surface area contributed by atoms with E-state index in [1.807, 2.05) is 6.07 Å². The van der Waals surface area contributed by atoms with E-state index in [0.29, 0.717) is 35.5 Å². The predicted molar refractivity (Wildman–Crippen MR) is 125 cm³/mol. The number of rotatable bonds is 8. The van der Waals surface area contributed by atoms with E-state index < -0.39 is 15.6 Å². The molecule has 1 aromatic carbocycles. The second-order valence-electron chi connectivity index (χ2n) is 11.1. The van der Waals surface area contributed by atoms with Gasteiger partial charge in [0.1, 0.15) is 5.78 Å². The summed E-state index contributed by atoms with van der Waals surface area (Å²) in [6.45, 7) is 9.07. The molecule has 2 atom stereocenters. The van der Waals surface area contributed by atoms with Crippen molar-refractivity contribution in [3.8, 4) is 0 Å². The van der Waals surface area contributed by atoms with Crippen molar-refractivity contribution in [3.63, 3.8) is 0 Å². The monoisotopic (exact) mass is 459 g/mol. The van der Waals surface area contributed by atoms with Crippen molar-refractivity contribution in [1.29, 1.82) is 0 Å². The van der Waals surface area contributed by atoms with Gasteiger partial charge in [0.15, 0.2) is 5.78 Å². The first-order chi connectivity index (χ1) is 14.9. The normalized spacial score (nSPS) is 31.8. The molecule has 0 spiro atoms. The Labute approximate surface area is 193 Å². The summed E-state index contributed by atoms with van der Waals surface area (Å²) in [6, 6.07) is 6.95. The number of Topliss-reactive ketones (excluding diaryl/α,β-unsaturated/α-hetero) is 2. The Kier molecular flexibility index (Phi) is 5.94. The number of hydrogen-bond acceptors (Lipinski definition) is 4. The lowest BCUT2D eigenvalue weighted by Gasteiger charge is -2.59. The van der Waals surface area contributed by atoms with Crippen molar-refractivity contribution >= 4 is 21.6 Å². The SMILES string of the molecule is CCN(C(C)(C)C(=O)CC1C2CC3CC1CC(C(C)=O)(C3)C2)S(=O)(=O)c1ccccc1C. The lowest BCUT2D eigenvalue weighted by molar-refractivity contribution is -0.151. The maximum absolute atomic E-state index is 13.7. The van der Waals surface area contributed by atoms with Gasteiger partial charge in [-0.2, -0.15) is 4.31 Å². The molecule has 4 aliphatic rings. The van der Waals surface area contributed by atoms with Gasteiger partial charge in [-0.3, -0.25) is 9.59 Å². The van der Waals surface area contributed by atoms with E-state index in [4.69, 9.17) is 0 Å². The third kappa shape index (κ3) is 3.67. The Morgan fingerprint density at radius 3 is 2.22 bits per heavy atom. The van der Waals surface area contributed by atoms with E-state index in [-0.39, 0.29) is 28.6 Å². The third-order valence-corrected chi connectivity index (χ3v) is 11.2. The Morgan fingerprint density at radius 1 is 1.09 bits per heavy atom. The zero-order chi connectivity index (χ0) is 23.5. The maximum atomic E-state index is 13.7. The molecule has 0 aromatic heterocycles. The zero-order valence-electron chi connectivity index (χ0n) is 20.1. The van der Waals surface area contributed by atoms with Crippen LogP contribution < -0.4 is 0 Å². The van der Waals surface area contributed by atoms with Crippen molar-refractivity contribution in [3.05, 3.63) is 29.8 Å². The van der Waals surface area contributed by atoms with E-state index in [9.17, 15) is 18.0 Å². The van der Waals surface area contributed by atoms with Gasteiger partial charge in [0, 0.05) is 18.4 Å². The van der Waals surface area contributed by atoms with Gasteiger partial charge in [-0.05, 0) is 95.1 Å². The molecule has 5 nitrogen and oxygen atoms in total. The Hall–Kier alpha value is -1.53. The summed E-state index contributed by atoms with van der Waals surface area (Å²) in [5.74, 6) is 2.02. The number of hydrogen-bond donors (Lipinski definition) is 0. The van der Waals surface area contributed by atoms with E-state index in [1.54, 1.807) is 52.8 Å². The summed E-state index contributed by atoms with van der Waals surface area (Å²) in [5, 5.41) is 0. The molecule has 0 saturated heterocycles. The third-order valence-electron chi connectivity index (χ3n) is 8.89. The van der Waals surface area contributed by atoms with Gasteiger partial charge in [0.05, 0.1) is 10.4 Å². The smallest absolute Gasteiger partial charge is 0.244 e. The van der Waals surface area contributed by atoms with E-state index >= 15 is 0 Å². The molecule has 176 valence electrons. The molecule has 5 rings (SSSR count). The highest BCUT2D eigenvalue weighted by Gasteiger charge is 2.58. The number of benzene rings is 1. The predicted octanol–water partition coefficient (Wildman–Crippen LogP) is 4.77. The van der Waals surface area contributed by atoms with Crippen LogP contribution in [0.15, 0.2) is 29.2 Å². The Balaban J connectivity index is 1.56. The lowest BCUT2D eigenvalue weighted by Crippen LogP contribution is -2.56. The zero-order valence-corrected chi connectivity index (χ0v) is 20.9. The number of carbonyl (C=O) groups is 2. The highest BCUT2D eigenvalue weighted by atomic mass is 32.2. The van der Waals surface area contributed by atoms with E-state index in [2.05, 4.69) is 0 Å². The molecule has 0 aliphatic heterocycles. The van der Waals surface area contributed by atoms with Gasteiger partial charge in [0.2, 0.25) is 10.0 Å². The van der Waals surface area contributed by atoms with Gasteiger partial charge >= 0.3 is 0 Å². The molecule has 0 N–H and O–H groups in total. The first-order valence-electron chi connectivity index (χ1n) is 12.0. The molecule has 4 saturated carbocycles. The minimum absolute atomic E-state index is 0.00847. The van der Waals surface area contributed by atoms with Crippen molar-refractivity contribution in [2.24, 2.45) is 29.1 Å². The topological polar surface area (TPSA) is 71.5 Å². The van der Waals surface area contributed by atoms with Crippen LogP contribution in [-0.4, -0.2) is 36.4 Å². The van der Waals surface area contributed by atoms with Crippen LogP contribution >= 0.6 is 0 Å². The fraction of sp³-hybridized carbons (Fsp3) is 0.692. The van der Waals surface area contributed by atoms with Crippen LogP contribution in [0.1, 0.15) is 71.8 Å². The highest BCUT2D eigenvalue weighted by Crippen LogP contribution is 2.63. The molecule has 0 radical (unpaired) electrons. The molecule has 4 aliphatic carbocycles. The molecule has 6 heteroatoms. The largest absolute Gasteiger partial charge is 0.299 e. The van der Waals surface area contributed by atoms with E-state index in [1.165, 1.54) is 4.31 Å². The second-order valence-corrected chi connectivity index (χ2v) is 12.9. The summed E-state index contributed by atoms with van der Waals surface area (Å²) in [6.07, 6.45) is 5.48. The molecule has 0 amide bonds. The molecule has 32 heavy (non-hydrogen) atoms. The van der Waals surface area contributed by atoms with Crippen LogP contribution in [-0.2, 0) is 19.6 Å². The van der Waals surface area contributed by atoms with Gasteiger partial charge in [-0.1, -0.05) is 25.1 Å². The number of sulfonamides is 1. The van der Waals surface area contributed by atoms with Gasteiger partial charge in [-0.25, -0.2) is 8.42 Å². The first kappa shape index (κ1) is 23.6. The summed E-state index contributed by atoms with van der Waals surface area (Å²) >= 11 is 0. The van der Waals surface area contributed by atoms with Gasteiger partial charge < -0.3 is 0 Å². The lowest BCUT2D eigenvalue weighted by atomic mass is 9.44. The summed E-state index contributed by atoms with van der Waals surface area (Å²) in [4.78, 5) is 26.4. The molecule has 4 fully saturated rings. The number of likely N-dealkylation sites (N-methyl/N-ethyl adjacent to an activating group) is 1. The summed E-state index contributed by atoms with van der Waals surface area (Å²) in [7, 11) is -3.80. The van der Waals surface area contributed by atoms with Crippen LogP contribution in [0.3, 0.4) is 0 Å². The molecule has 1 aromatic rings. The molecule has 2 unspecified atom stereocenters. The van der Waals surface area contributed by atoms with Crippen LogP contribution in [0.2, 0.25) is 0 Å². The summed E-state index contributed by atoms with van der Waals surface area (Å²) < 4.78 is 28.4. The quantitative estimate of drug-likeness (QED) is 0.561. The molecular weight excluding hydrogens is 422 g/mol. The number of nitrogens with zero attached hydrogens (tertiary/aromatic N) is 1. The maximum Gasteiger partial charge on any atom is 0.244 e. The fourth-order valence-electron chi connectivity index (χ4n) is 7.33. The molecular formula is C26H37NO4S. The van der Waals surface area contributed by atoms with Crippen molar-refractivity contribution < 1.29 is 18.0 Å². The Bertz CT molecular complexity index is 1010. The van der Waals surface area contributed by atoms with E-state index in [0.717, 1.165) is 32.1 Å². The first-order valence-corrected chi connectivity index (χ1v) is 13.5. The average Bonchev–Trinajstić information content (AvgIpc) is 2.70. The van der Waals surface area contributed by atoms with Crippen LogP contribution in [0.5, 0.6) is 0 Å². The minimum atomic E-state index is -3.80. The fourth-order valence-corrected chi connectivity index (χ4v) is 9.33.